The lowest BCUT2D eigenvalue weighted by Crippen LogP contribution is -2.44. The van der Waals surface area contributed by atoms with E-state index < -0.39 is 0 Å². The first-order valence-electron chi connectivity index (χ1n) is 7.10. The van der Waals surface area contributed by atoms with E-state index in [0.29, 0.717) is 5.88 Å². The van der Waals surface area contributed by atoms with Gasteiger partial charge in [-0.1, -0.05) is 6.92 Å². The van der Waals surface area contributed by atoms with Crippen LogP contribution in [0.1, 0.15) is 39.3 Å². The molecule has 1 unspecified atom stereocenters. The Morgan fingerprint density at radius 2 is 2.25 bits per heavy atom. The number of carbonyl (C=O) groups is 1. The highest BCUT2D eigenvalue weighted by Gasteiger charge is 2.32. The van der Waals surface area contributed by atoms with Gasteiger partial charge in [-0.3, -0.25) is 4.90 Å². The number of anilines is 1. The number of aryl methyl sites for hydroxylation is 1. The number of aromatic nitrogens is 1. The van der Waals surface area contributed by atoms with Gasteiger partial charge in [-0.25, -0.2) is 9.78 Å². The summed E-state index contributed by atoms with van der Waals surface area (Å²) in [6.45, 7) is 5.80. The minimum atomic E-state index is -0.292. The molecule has 1 aliphatic heterocycles. The van der Waals surface area contributed by atoms with Gasteiger partial charge in [-0.15, -0.1) is 0 Å². The van der Waals surface area contributed by atoms with Crippen molar-refractivity contribution in [3.05, 3.63) is 17.8 Å². The van der Waals surface area contributed by atoms with E-state index in [4.69, 9.17) is 9.47 Å². The van der Waals surface area contributed by atoms with Gasteiger partial charge in [0.2, 0.25) is 5.88 Å². The number of hydrogen-bond donors (Lipinski definition) is 0. The largest absolute Gasteiger partial charge is 0.481 e. The fraction of sp³-hybridized carbons (Fsp3) is 0.600. The van der Waals surface area contributed by atoms with Gasteiger partial charge in [-0.05, 0) is 39.2 Å². The molecule has 1 aromatic rings. The topological polar surface area (TPSA) is 51.7 Å². The minimum absolute atomic E-state index is 0.128. The van der Waals surface area contributed by atoms with Crippen LogP contribution in [-0.2, 0) is 11.2 Å². The third kappa shape index (κ3) is 2.86. The van der Waals surface area contributed by atoms with Gasteiger partial charge < -0.3 is 9.47 Å². The zero-order valence-corrected chi connectivity index (χ0v) is 12.5. The van der Waals surface area contributed by atoms with Crippen molar-refractivity contribution >= 4 is 11.8 Å². The average molecular weight is 278 g/mol. The second kappa shape index (κ2) is 6.11. The summed E-state index contributed by atoms with van der Waals surface area (Å²) >= 11 is 0. The lowest BCUT2D eigenvalue weighted by atomic mass is 9.98. The lowest BCUT2D eigenvalue weighted by Gasteiger charge is -2.35. The van der Waals surface area contributed by atoms with Crippen LogP contribution in [0.25, 0.3) is 0 Å². The molecule has 0 saturated heterocycles. The molecule has 1 atom stereocenters. The van der Waals surface area contributed by atoms with Crippen LogP contribution in [0.4, 0.5) is 10.5 Å². The molecule has 0 aliphatic carbocycles. The molecule has 110 valence electrons. The van der Waals surface area contributed by atoms with Crippen molar-refractivity contribution in [2.24, 2.45) is 0 Å². The van der Waals surface area contributed by atoms with Crippen molar-refractivity contribution in [2.45, 2.75) is 52.2 Å². The molecule has 20 heavy (non-hydrogen) atoms. The van der Waals surface area contributed by atoms with Crippen LogP contribution >= 0.6 is 0 Å². The Labute approximate surface area is 119 Å². The molecule has 5 nitrogen and oxygen atoms in total. The first kappa shape index (κ1) is 14.6. The maximum Gasteiger partial charge on any atom is 0.414 e. The molecule has 0 N–H and O–H groups in total. The van der Waals surface area contributed by atoms with Gasteiger partial charge in [-0.2, -0.15) is 0 Å². The molecule has 2 rings (SSSR count). The van der Waals surface area contributed by atoms with Gasteiger partial charge >= 0.3 is 6.09 Å². The first-order valence-corrected chi connectivity index (χ1v) is 7.10. The van der Waals surface area contributed by atoms with E-state index in [2.05, 4.69) is 11.9 Å². The summed E-state index contributed by atoms with van der Waals surface area (Å²) in [5, 5.41) is 0. The number of pyridine rings is 1. The molecular weight excluding hydrogens is 256 g/mol. The maximum atomic E-state index is 12.3. The van der Waals surface area contributed by atoms with E-state index in [0.717, 1.165) is 30.6 Å². The predicted octanol–water partition coefficient (Wildman–Crippen LogP) is 3.17. The summed E-state index contributed by atoms with van der Waals surface area (Å²) < 4.78 is 10.5. The van der Waals surface area contributed by atoms with E-state index >= 15 is 0 Å². The summed E-state index contributed by atoms with van der Waals surface area (Å²) in [5.74, 6) is 0.580. The van der Waals surface area contributed by atoms with E-state index in [-0.39, 0.29) is 18.2 Å². The monoisotopic (exact) mass is 278 g/mol. The Hall–Kier alpha value is -1.78. The van der Waals surface area contributed by atoms with Crippen molar-refractivity contribution in [3.8, 4) is 5.88 Å². The number of rotatable bonds is 3. The second-order valence-corrected chi connectivity index (χ2v) is 5.22. The molecular formula is C15H22N2O3. The molecule has 0 saturated carbocycles. The highest BCUT2D eigenvalue weighted by atomic mass is 16.6. The van der Waals surface area contributed by atoms with E-state index in [1.807, 2.05) is 19.9 Å². The van der Waals surface area contributed by atoms with Crippen molar-refractivity contribution in [3.63, 3.8) is 0 Å². The van der Waals surface area contributed by atoms with Gasteiger partial charge in [0.1, 0.15) is 0 Å². The van der Waals surface area contributed by atoms with Gasteiger partial charge in [0, 0.05) is 12.1 Å². The van der Waals surface area contributed by atoms with E-state index in [1.54, 1.807) is 18.1 Å². The molecule has 0 spiro atoms. The summed E-state index contributed by atoms with van der Waals surface area (Å²) in [7, 11) is 1.59. The Morgan fingerprint density at radius 3 is 2.85 bits per heavy atom. The number of ether oxygens (including phenoxy) is 2. The second-order valence-electron chi connectivity index (χ2n) is 5.22. The summed E-state index contributed by atoms with van der Waals surface area (Å²) in [5.41, 5.74) is 1.74. The molecule has 1 aliphatic rings. The third-order valence-electron chi connectivity index (χ3n) is 3.48. The molecule has 0 fully saturated rings. The van der Waals surface area contributed by atoms with E-state index in [1.165, 1.54) is 0 Å². The number of hydrogen-bond acceptors (Lipinski definition) is 4. The predicted molar refractivity (Wildman–Crippen MR) is 77.3 cm³/mol. The van der Waals surface area contributed by atoms with Gasteiger partial charge in [0.05, 0.1) is 24.6 Å². The van der Waals surface area contributed by atoms with Crippen LogP contribution in [0.5, 0.6) is 5.88 Å². The highest BCUT2D eigenvalue weighted by Crippen LogP contribution is 2.33. The van der Waals surface area contributed by atoms with E-state index in [9.17, 15) is 4.79 Å². The quantitative estimate of drug-likeness (QED) is 0.852. The van der Waals surface area contributed by atoms with Crippen LogP contribution in [0, 0.1) is 0 Å². The van der Waals surface area contributed by atoms with Crippen LogP contribution in [-0.4, -0.2) is 30.3 Å². The minimum Gasteiger partial charge on any atom is -0.481 e. The zero-order valence-electron chi connectivity index (χ0n) is 12.5. The van der Waals surface area contributed by atoms with Crippen molar-refractivity contribution < 1.29 is 14.3 Å². The fourth-order valence-corrected chi connectivity index (χ4v) is 2.51. The van der Waals surface area contributed by atoms with Crippen molar-refractivity contribution in [1.82, 2.24) is 4.98 Å². The first-order chi connectivity index (χ1) is 9.56. The van der Waals surface area contributed by atoms with Crippen LogP contribution < -0.4 is 9.64 Å². The van der Waals surface area contributed by atoms with Crippen LogP contribution in [0.15, 0.2) is 12.1 Å². The number of fused-ring (bicyclic) bond motifs is 1. The zero-order chi connectivity index (χ0) is 14.7. The summed E-state index contributed by atoms with van der Waals surface area (Å²) in [6, 6.07) is 3.85. The number of carbonyl (C=O) groups excluding carboxylic acids is 1. The van der Waals surface area contributed by atoms with Crippen molar-refractivity contribution in [2.75, 3.05) is 12.0 Å². The summed E-state index contributed by atoms with van der Waals surface area (Å²) in [6.07, 6.45) is 2.24. The highest BCUT2D eigenvalue weighted by molar-refractivity contribution is 5.89. The molecule has 0 radical (unpaired) electrons. The standard InChI is InChI=1S/C15H22N2O3/c1-5-11-6-7-12-13(8-9-14(16-12)19-4)17(11)15(18)20-10(2)3/h8-11H,5-7H2,1-4H3. The fourth-order valence-electron chi connectivity index (χ4n) is 2.51. The normalized spacial score (nSPS) is 17.9. The molecule has 1 aromatic heterocycles. The Kier molecular flexibility index (Phi) is 4.47. The molecule has 5 heteroatoms. The lowest BCUT2D eigenvalue weighted by molar-refractivity contribution is 0.119. The Bertz CT molecular complexity index is 488. The number of methoxy groups -OCH3 is 1. The molecule has 1 amide bonds. The number of amides is 1. The number of nitrogens with zero attached hydrogens (tertiary/aromatic N) is 2. The maximum absolute atomic E-state index is 12.3. The van der Waals surface area contributed by atoms with Gasteiger partial charge in [0.25, 0.3) is 0 Å². The molecule has 2 heterocycles. The SMILES string of the molecule is CCC1CCc2nc(OC)ccc2N1C(=O)OC(C)C. The third-order valence-corrected chi connectivity index (χ3v) is 3.48. The Morgan fingerprint density at radius 1 is 1.50 bits per heavy atom. The average Bonchev–Trinajstić information content (AvgIpc) is 2.44. The summed E-state index contributed by atoms with van der Waals surface area (Å²) in [4.78, 5) is 18.5. The van der Waals surface area contributed by atoms with Crippen molar-refractivity contribution in [1.29, 1.82) is 0 Å². The van der Waals surface area contributed by atoms with Crippen LogP contribution in [0.2, 0.25) is 0 Å². The Balaban J connectivity index is 2.35. The molecule has 0 aromatic carbocycles. The molecule has 0 bridgehead atoms. The van der Waals surface area contributed by atoms with Crippen LogP contribution in [0.3, 0.4) is 0 Å². The smallest absolute Gasteiger partial charge is 0.414 e. The van der Waals surface area contributed by atoms with Gasteiger partial charge in [0.15, 0.2) is 0 Å².